The van der Waals surface area contributed by atoms with E-state index in [0.717, 1.165) is 37.7 Å². The van der Waals surface area contributed by atoms with Gasteiger partial charge in [0.1, 0.15) is 11.6 Å². The number of aromatic nitrogens is 3. The molecule has 2 aromatic carbocycles. The van der Waals surface area contributed by atoms with Crippen LogP contribution in [0.2, 0.25) is 0 Å². The van der Waals surface area contributed by atoms with Crippen LogP contribution in [0.25, 0.3) is 10.8 Å². The second kappa shape index (κ2) is 4.72. The lowest BCUT2D eigenvalue weighted by Crippen LogP contribution is -2.29. The lowest BCUT2D eigenvalue weighted by Gasteiger charge is -2.16. The van der Waals surface area contributed by atoms with Crippen molar-refractivity contribution in [2.45, 2.75) is 19.5 Å². The van der Waals surface area contributed by atoms with E-state index in [-0.39, 0.29) is 0 Å². The Bertz CT molecular complexity index is 760. The van der Waals surface area contributed by atoms with E-state index in [9.17, 15) is 0 Å². The van der Waals surface area contributed by atoms with Gasteiger partial charge in [0.05, 0.1) is 6.54 Å². The molecule has 3 aromatic rings. The number of fused-ring (bicyclic) bond motifs is 2. The summed E-state index contributed by atoms with van der Waals surface area (Å²) in [5.74, 6) is 2.11. The van der Waals surface area contributed by atoms with Crippen LogP contribution in [0.5, 0.6) is 0 Å². The van der Waals surface area contributed by atoms with Gasteiger partial charge in [-0.25, -0.2) is 0 Å². The zero-order chi connectivity index (χ0) is 13.4. The summed E-state index contributed by atoms with van der Waals surface area (Å²) < 4.78 is 2.24. The lowest BCUT2D eigenvalue weighted by atomic mass is 10.0. The summed E-state index contributed by atoms with van der Waals surface area (Å²) in [6, 6.07) is 15.1. The average Bonchev–Trinajstić information content (AvgIpc) is 2.91. The van der Waals surface area contributed by atoms with Gasteiger partial charge in [0.2, 0.25) is 0 Å². The first kappa shape index (κ1) is 11.6. The molecule has 0 spiro atoms. The fourth-order valence-electron chi connectivity index (χ4n) is 2.81. The van der Waals surface area contributed by atoms with E-state index in [4.69, 9.17) is 0 Å². The van der Waals surface area contributed by atoms with E-state index >= 15 is 0 Å². The van der Waals surface area contributed by atoms with E-state index in [0.29, 0.717) is 0 Å². The van der Waals surface area contributed by atoms with Gasteiger partial charge in [-0.3, -0.25) is 0 Å². The van der Waals surface area contributed by atoms with Gasteiger partial charge in [-0.05, 0) is 16.3 Å². The second-order valence-electron chi connectivity index (χ2n) is 5.22. The minimum absolute atomic E-state index is 0.824. The molecule has 0 saturated carbocycles. The van der Waals surface area contributed by atoms with Crippen LogP contribution in [0.15, 0.2) is 42.5 Å². The number of nitrogens with one attached hydrogen (secondary N) is 1. The van der Waals surface area contributed by atoms with Gasteiger partial charge >= 0.3 is 0 Å². The van der Waals surface area contributed by atoms with Crippen molar-refractivity contribution in [1.82, 2.24) is 20.1 Å². The molecular weight excluding hydrogens is 248 g/mol. The van der Waals surface area contributed by atoms with Crippen molar-refractivity contribution in [3.8, 4) is 0 Å². The van der Waals surface area contributed by atoms with Gasteiger partial charge in [-0.2, -0.15) is 0 Å². The minimum Gasteiger partial charge on any atom is -0.312 e. The van der Waals surface area contributed by atoms with Crippen LogP contribution in [0, 0.1) is 0 Å². The third-order valence-corrected chi connectivity index (χ3v) is 3.88. The van der Waals surface area contributed by atoms with Crippen molar-refractivity contribution in [2.75, 3.05) is 6.54 Å². The van der Waals surface area contributed by atoms with Crippen LogP contribution in [-0.4, -0.2) is 21.3 Å². The van der Waals surface area contributed by atoms with E-state index in [1.54, 1.807) is 0 Å². The first-order valence-electron chi connectivity index (χ1n) is 6.99. The van der Waals surface area contributed by atoms with Crippen molar-refractivity contribution in [3.05, 3.63) is 59.7 Å². The predicted molar refractivity (Wildman–Crippen MR) is 78.5 cm³/mol. The maximum absolute atomic E-state index is 4.35. The zero-order valence-electron chi connectivity index (χ0n) is 11.2. The predicted octanol–water partition coefficient (Wildman–Crippen LogP) is 2.13. The first-order valence-corrected chi connectivity index (χ1v) is 6.99. The van der Waals surface area contributed by atoms with E-state index in [2.05, 4.69) is 62.5 Å². The molecule has 1 N–H and O–H groups in total. The van der Waals surface area contributed by atoms with Crippen LogP contribution < -0.4 is 5.32 Å². The maximum Gasteiger partial charge on any atom is 0.147 e. The number of rotatable bonds is 2. The molecule has 1 aliphatic rings. The third-order valence-electron chi connectivity index (χ3n) is 3.88. The number of benzene rings is 2. The molecule has 0 atom stereocenters. The van der Waals surface area contributed by atoms with Crippen LogP contribution in [0.1, 0.15) is 17.2 Å². The molecule has 1 aromatic heterocycles. The normalized spacial score (nSPS) is 14.4. The highest BCUT2D eigenvalue weighted by molar-refractivity contribution is 5.83. The van der Waals surface area contributed by atoms with E-state index in [1.165, 1.54) is 16.3 Å². The zero-order valence-corrected chi connectivity index (χ0v) is 11.2. The van der Waals surface area contributed by atoms with Crippen molar-refractivity contribution in [3.63, 3.8) is 0 Å². The lowest BCUT2D eigenvalue weighted by molar-refractivity contribution is 0.496. The Kier molecular flexibility index (Phi) is 2.74. The monoisotopic (exact) mass is 264 g/mol. The summed E-state index contributed by atoms with van der Waals surface area (Å²) in [6.45, 7) is 2.78. The standard InChI is InChI=1S/C16H16N4/c1-2-4-14-9-12(5-6-13(14)3-1)10-15-18-19-16-11-17-7-8-20(15)16/h1-6,9,17H,7-8,10-11H2. The number of hydrogen-bond donors (Lipinski definition) is 1. The third kappa shape index (κ3) is 1.98. The quantitative estimate of drug-likeness (QED) is 0.771. The van der Waals surface area contributed by atoms with Crippen LogP contribution in [0.4, 0.5) is 0 Å². The molecule has 4 rings (SSSR count). The summed E-state index contributed by atoms with van der Waals surface area (Å²) in [5.41, 5.74) is 1.29. The molecule has 0 bridgehead atoms. The molecule has 0 fully saturated rings. The second-order valence-corrected chi connectivity index (χ2v) is 5.22. The molecule has 0 amide bonds. The number of hydrogen-bond acceptors (Lipinski definition) is 3. The molecule has 2 heterocycles. The Hall–Kier alpha value is -2.20. The van der Waals surface area contributed by atoms with Crippen molar-refractivity contribution >= 4 is 10.8 Å². The van der Waals surface area contributed by atoms with E-state index in [1.807, 2.05) is 0 Å². The fraction of sp³-hybridized carbons (Fsp3) is 0.250. The molecule has 0 saturated heterocycles. The Morgan fingerprint density at radius 2 is 1.95 bits per heavy atom. The maximum atomic E-state index is 4.35. The van der Waals surface area contributed by atoms with Crippen LogP contribution in [-0.2, 0) is 19.5 Å². The Labute approximate surface area is 117 Å². The average molecular weight is 264 g/mol. The highest BCUT2D eigenvalue weighted by Gasteiger charge is 2.15. The van der Waals surface area contributed by atoms with Gasteiger partial charge in [-0.1, -0.05) is 42.5 Å². The Morgan fingerprint density at radius 1 is 1.05 bits per heavy atom. The SMILES string of the molecule is c1ccc2cc(Cc3nnc4n3CCNC4)ccc2c1. The van der Waals surface area contributed by atoms with Crippen LogP contribution in [0.3, 0.4) is 0 Å². The molecule has 20 heavy (non-hydrogen) atoms. The summed E-state index contributed by atoms with van der Waals surface area (Å²) in [4.78, 5) is 0. The minimum atomic E-state index is 0.824. The van der Waals surface area contributed by atoms with Gasteiger partial charge < -0.3 is 9.88 Å². The van der Waals surface area contributed by atoms with Crippen molar-refractivity contribution in [2.24, 2.45) is 0 Å². The number of nitrogens with zero attached hydrogens (tertiary/aromatic N) is 3. The Balaban J connectivity index is 1.68. The van der Waals surface area contributed by atoms with Crippen LogP contribution >= 0.6 is 0 Å². The molecule has 100 valence electrons. The molecule has 0 aliphatic carbocycles. The summed E-state index contributed by atoms with van der Waals surface area (Å²) in [6.07, 6.45) is 0.845. The van der Waals surface area contributed by atoms with Gasteiger partial charge in [-0.15, -0.1) is 10.2 Å². The first-order chi connectivity index (χ1) is 9.90. The summed E-state index contributed by atoms with van der Waals surface area (Å²) in [5, 5.41) is 14.5. The van der Waals surface area contributed by atoms with Crippen molar-refractivity contribution < 1.29 is 0 Å². The summed E-state index contributed by atoms with van der Waals surface area (Å²) >= 11 is 0. The molecule has 4 heteroatoms. The molecular formula is C16H16N4. The van der Waals surface area contributed by atoms with Gasteiger partial charge in [0, 0.05) is 19.5 Å². The summed E-state index contributed by atoms with van der Waals surface area (Å²) in [7, 11) is 0. The molecule has 1 aliphatic heterocycles. The molecule has 0 radical (unpaired) electrons. The van der Waals surface area contributed by atoms with Crippen molar-refractivity contribution in [1.29, 1.82) is 0 Å². The fourth-order valence-corrected chi connectivity index (χ4v) is 2.81. The Morgan fingerprint density at radius 3 is 2.90 bits per heavy atom. The molecule has 4 nitrogen and oxygen atoms in total. The van der Waals surface area contributed by atoms with E-state index < -0.39 is 0 Å². The molecule has 0 unspecified atom stereocenters. The highest BCUT2D eigenvalue weighted by atomic mass is 15.3. The van der Waals surface area contributed by atoms with Gasteiger partial charge in [0.15, 0.2) is 0 Å². The highest BCUT2D eigenvalue weighted by Crippen LogP contribution is 2.18. The van der Waals surface area contributed by atoms with Gasteiger partial charge in [0.25, 0.3) is 0 Å². The smallest absolute Gasteiger partial charge is 0.147 e. The largest absolute Gasteiger partial charge is 0.312 e. The topological polar surface area (TPSA) is 42.7 Å².